The number of carbonyl (C=O) groups excluding carboxylic acids is 1. The summed E-state index contributed by atoms with van der Waals surface area (Å²) in [7, 11) is 0. The minimum absolute atomic E-state index is 0.0186. The van der Waals surface area contributed by atoms with Crippen LogP contribution < -0.4 is 10.6 Å². The number of hydrogen-bond donors (Lipinski definition) is 2. The van der Waals surface area contributed by atoms with Crippen LogP contribution in [0.1, 0.15) is 20.3 Å². The van der Waals surface area contributed by atoms with Crippen LogP contribution >= 0.6 is 0 Å². The van der Waals surface area contributed by atoms with Gasteiger partial charge in [0.15, 0.2) is 0 Å². The summed E-state index contributed by atoms with van der Waals surface area (Å²) < 4.78 is 0. The number of urea groups is 1. The van der Waals surface area contributed by atoms with Crippen LogP contribution in [0.4, 0.5) is 10.5 Å². The molecule has 1 fully saturated rings. The standard InChI is InChI=1S/C14H21N3O/c1-14(2)11-15-9-6-10-17(14)13(18)16-12-7-4-3-5-8-12/h3-5,7-8,15H,6,9-11H2,1-2H3,(H,16,18). The predicted octanol–water partition coefficient (Wildman–Crippen LogP) is 2.29. The number of hydrogen-bond acceptors (Lipinski definition) is 2. The molecule has 1 aliphatic heterocycles. The molecule has 1 aromatic rings. The third kappa shape index (κ3) is 3.01. The highest BCUT2D eigenvalue weighted by Crippen LogP contribution is 2.18. The van der Waals surface area contributed by atoms with Crippen molar-refractivity contribution in [2.24, 2.45) is 0 Å². The first kappa shape index (κ1) is 12.9. The van der Waals surface area contributed by atoms with Crippen LogP contribution in [0, 0.1) is 0 Å². The number of nitrogens with one attached hydrogen (secondary N) is 2. The molecular formula is C14H21N3O. The van der Waals surface area contributed by atoms with Gasteiger partial charge in [0, 0.05) is 18.8 Å². The molecule has 0 atom stereocenters. The second kappa shape index (κ2) is 5.40. The number of nitrogens with zero attached hydrogens (tertiary/aromatic N) is 1. The maximum atomic E-state index is 12.3. The first-order valence-corrected chi connectivity index (χ1v) is 6.44. The molecule has 0 aliphatic carbocycles. The van der Waals surface area contributed by atoms with Crippen molar-refractivity contribution in [2.45, 2.75) is 25.8 Å². The minimum Gasteiger partial charge on any atom is -0.318 e. The van der Waals surface area contributed by atoms with Crippen molar-refractivity contribution in [1.29, 1.82) is 0 Å². The molecule has 0 unspecified atom stereocenters. The molecule has 0 bridgehead atoms. The highest BCUT2D eigenvalue weighted by atomic mass is 16.2. The quantitative estimate of drug-likeness (QED) is 0.799. The van der Waals surface area contributed by atoms with E-state index < -0.39 is 0 Å². The Morgan fingerprint density at radius 1 is 1.33 bits per heavy atom. The Balaban J connectivity index is 2.07. The molecule has 0 saturated carbocycles. The van der Waals surface area contributed by atoms with Crippen LogP contribution in [0.3, 0.4) is 0 Å². The van der Waals surface area contributed by atoms with E-state index in [9.17, 15) is 4.79 Å². The van der Waals surface area contributed by atoms with Gasteiger partial charge in [-0.25, -0.2) is 4.79 Å². The average Bonchev–Trinajstić information content (AvgIpc) is 2.51. The van der Waals surface area contributed by atoms with E-state index in [1.165, 1.54) is 0 Å². The molecule has 0 spiro atoms. The number of amides is 2. The fourth-order valence-electron chi connectivity index (χ4n) is 2.24. The summed E-state index contributed by atoms with van der Waals surface area (Å²) in [5, 5.41) is 6.32. The van der Waals surface area contributed by atoms with E-state index >= 15 is 0 Å². The molecule has 18 heavy (non-hydrogen) atoms. The van der Waals surface area contributed by atoms with E-state index in [0.717, 1.165) is 31.7 Å². The lowest BCUT2D eigenvalue weighted by molar-refractivity contribution is 0.155. The number of rotatable bonds is 1. The number of para-hydroxylation sites is 1. The molecule has 0 radical (unpaired) electrons. The zero-order chi connectivity index (χ0) is 13.0. The van der Waals surface area contributed by atoms with Gasteiger partial charge in [0.25, 0.3) is 0 Å². The Labute approximate surface area is 108 Å². The summed E-state index contributed by atoms with van der Waals surface area (Å²) in [5.74, 6) is 0. The summed E-state index contributed by atoms with van der Waals surface area (Å²) in [6.45, 7) is 6.78. The Kier molecular flexibility index (Phi) is 3.87. The van der Waals surface area contributed by atoms with E-state index in [1.54, 1.807) is 0 Å². The Bertz CT molecular complexity index is 403. The van der Waals surface area contributed by atoms with Crippen molar-refractivity contribution in [3.8, 4) is 0 Å². The van der Waals surface area contributed by atoms with Gasteiger partial charge >= 0.3 is 6.03 Å². The van der Waals surface area contributed by atoms with Gasteiger partial charge in [0.2, 0.25) is 0 Å². The molecule has 2 rings (SSSR count). The van der Waals surface area contributed by atoms with Crippen LogP contribution in [0.2, 0.25) is 0 Å². The van der Waals surface area contributed by atoms with E-state index in [4.69, 9.17) is 0 Å². The lowest BCUT2D eigenvalue weighted by Gasteiger charge is -2.36. The molecule has 4 heteroatoms. The van der Waals surface area contributed by atoms with E-state index in [1.807, 2.05) is 35.2 Å². The van der Waals surface area contributed by atoms with Crippen molar-refractivity contribution < 1.29 is 4.79 Å². The van der Waals surface area contributed by atoms with Gasteiger partial charge in [-0.15, -0.1) is 0 Å². The molecule has 1 aliphatic rings. The van der Waals surface area contributed by atoms with Crippen LogP contribution in [0.5, 0.6) is 0 Å². The molecule has 98 valence electrons. The minimum atomic E-state index is -0.157. The Hall–Kier alpha value is -1.55. The van der Waals surface area contributed by atoms with Crippen LogP contribution in [0.15, 0.2) is 30.3 Å². The fraction of sp³-hybridized carbons (Fsp3) is 0.500. The molecule has 2 amide bonds. The van der Waals surface area contributed by atoms with Gasteiger partial charge in [-0.05, 0) is 38.9 Å². The lowest BCUT2D eigenvalue weighted by Crippen LogP contribution is -2.52. The zero-order valence-corrected chi connectivity index (χ0v) is 11.1. The van der Waals surface area contributed by atoms with Crippen molar-refractivity contribution in [2.75, 3.05) is 25.0 Å². The number of anilines is 1. The molecule has 0 aromatic heterocycles. The van der Waals surface area contributed by atoms with Gasteiger partial charge in [-0.2, -0.15) is 0 Å². The molecule has 2 N–H and O–H groups in total. The summed E-state index contributed by atoms with van der Waals surface area (Å²) in [5.41, 5.74) is 0.686. The summed E-state index contributed by atoms with van der Waals surface area (Å²) >= 11 is 0. The second-order valence-electron chi connectivity index (χ2n) is 5.29. The predicted molar refractivity (Wildman–Crippen MR) is 73.7 cm³/mol. The third-order valence-electron chi connectivity index (χ3n) is 3.29. The molecule has 1 aromatic carbocycles. The second-order valence-corrected chi connectivity index (χ2v) is 5.29. The monoisotopic (exact) mass is 247 g/mol. The Morgan fingerprint density at radius 3 is 2.78 bits per heavy atom. The van der Waals surface area contributed by atoms with E-state index in [-0.39, 0.29) is 11.6 Å². The van der Waals surface area contributed by atoms with Crippen molar-refractivity contribution in [1.82, 2.24) is 10.2 Å². The van der Waals surface area contributed by atoms with Gasteiger partial charge in [-0.3, -0.25) is 0 Å². The summed E-state index contributed by atoms with van der Waals surface area (Å²) in [6.07, 6.45) is 0.992. The first-order chi connectivity index (χ1) is 8.59. The van der Waals surface area contributed by atoms with Crippen LogP contribution in [0.25, 0.3) is 0 Å². The number of benzene rings is 1. The molecular weight excluding hydrogens is 226 g/mol. The lowest BCUT2D eigenvalue weighted by atomic mass is 10.0. The first-order valence-electron chi connectivity index (χ1n) is 6.44. The van der Waals surface area contributed by atoms with Gasteiger partial charge in [0.05, 0.1) is 5.54 Å². The van der Waals surface area contributed by atoms with Crippen molar-refractivity contribution >= 4 is 11.7 Å². The van der Waals surface area contributed by atoms with E-state index in [0.29, 0.717) is 0 Å². The smallest absolute Gasteiger partial charge is 0.318 e. The fourth-order valence-corrected chi connectivity index (χ4v) is 2.24. The zero-order valence-electron chi connectivity index (χ0n) is 11.1. The van der Waals surface area contributed by atoms with Gasteiger partial charge < -0.3 is 15.5 Å². The van der Waals surface area contributed by atoms with Gasteiger partial charge in [-0.1, -0.05) is 18.2 Å². The van der Waals surface area contributed by atoms with E-state index in [2.05, 4.69) is 24.5 Å². The molecule has 1 heterocycles. The van der Waals surface area contributed by atoms with Crippen LogP contribution in [-0.2, 0) is 0 Å². The Morgan fingerprint density at radius 2 is 2.06 bits per heavy atom. The maximum Gasteiger partial charge on any atom is 0.322 e. The largest absolute Gasteiger partial charge is 0.322 e. The topological polar surface area (TPSA) is 44.4 Å². The SMILES string of the molecule is CC1(C)CNCCCN1C(=O)Nc1ccccc1. The molecule has 4 nitrogen and oxygen atoms in total. The van der Waals surface area contributed by atoms with Crippen molar-refractivity contribution in [3.05, 3.63) is 30.3 Å². The number of carbonyl (C=O) groups is 1. The highest BCUT2D eigenvalue weighted by molar-refractivity contribution is 5.89. The normalized spacial score (nSPS) is 19.1. The summed E-state index contributed by atoms with van der Waals surface area (Å²) in [4.78, 5) is 14.2. The summed E-state index contributed by atoms with van der Waals surface area (Å²) in [6, 6.07) is 9.57. The van der Waals surface area contributed by atoms with Crippen molar-refractivity contribution in [3.63, 3.8) is 0 Å². The average molecular weight is 247 g/mol. The van der Waals surface area contributed by atoms with Crippen LogP contribution in [-0.4, -0.2) is 36.1 Å². The molecule has 1 saturated heterocycles. The third-order valence-corrected chi connectivity index (χ3v) is 3.29. The van der Waals surface area contributed by atoms with Gasteiger partial charge in [0.1, 0.15) is 0 Å². The maximum absolute atomic E-state index is 12.3. The highest BCUT2D eigenvalue weighted by Gasteiger charge is 2.31.